The first-order chi connectivity index (χ1) is 9.97. The van der Waals surface area contributed by atoms with Crippen molar-refractivity contribution in [3.63, 3.8) is 0 Å². The van der Waals surface area contributed by atoms with Crippen LogP contribution < -0.4 is 0 Å². The van der Waals surface area contributed by atoms with E-state index >= 15 is 0 Å². The zero-order valence-electron chi connectivity index (χ0n) is 13.3. The number of hydrogen-bond acceptors (Lipinski definition) is 4. The van der Waals surface area contributed by atoms with E-state index in [2.05, 4.69) is 32.0 Å². The molecule has 21 heavy (non-hydrogen) atoms. The van der Waals surface area contributed by atoms with Gasteiger partial charge in [-0.25, -0.2) is 4.57 Å². The molecule has 0 bridgehead atoms. The van der Waals surface area contributed by atoms with Crippen molar-refractivity contribution in [1.29, 1.82) is 0 Å². The van der Waals surface area contributed by atoms with Gasteiger partial charge in [-0.2, -0.15) is 0 Å². The van der Waals surface area contributed by atoms with Crippen LogP contribution in [-0.4, -0.2) is 19.3 Å². The first-order valence-corrected chi connectivity index (χ1v) is 9.10. The van der Waals surface area contributed by atoms with Gasteiger partial charge in [0.2, 0.25) is 0 Å². The number of rotatable bonds is 6. The van der Waals surface area contributed by atoms with Gasteiger partial charge in [0.05, 0.1) is 19.3 Å². The predicted molar refractivity (Wildman–Crippen MR) is 83.6 cm³/mol. The minimum atomic E-state index is -3.44. The van der Waals surface area contributed by atoms with Crippen LogP contribution in [-0.2, 0) is 24.6 Å². The third kappa shape index (κ3) is 4.17. The molecule has 0 radical (unpaired) electrons. The molecule has 5 heteroatoms. The lowest BCUT2D eigenvalue weighted by Gasteiger charge is -2.31. The largest absolute Gasteiger partial charge is 0.475 e. The topological polar surface area (TPSA) is 44.8 Å². The van der Waals surface area contributed by atoms with Gasteiger partial charge in [0.1, 0.15) is 0 Å². The molecule has 0 N–H and O–H groups in total. The van der Waals surface area contributed by atoms with Crippen molar-refractivity contribution in [2.24, 2.45) is 0 Å². The smallest absolute Gasteiger partial charge is 0.287 e. The molecule has 1 aliphatic carbocycles. The van der Waals surface area contributed by atoms with Gasteiger partial charge in [0, 0.05) is 0 Å². The van der Waals surface area contributed by atoms with E-state index in [1.165, 1.54) is 16.7 Å². The second kappa shape index (κ2) is 7.06. The van der Waals surface area contributed by atoms with Gasteiger partial charge < -0.3 is 0 Å². The van der Waals surface area contributed by atoms with Crippen molar-refractivity contribution in [2.75, 3.05) is 13.2 Å². The summed E-state index contributed by atoms with van der Waals surface area (Å²) in [4.78, 5) is 0. The van der Waals surface area contributed by atoms with Crippen LogP contribution in [0, 0.1) is 6.92 Å². The quantitative estimate of drug-likeness (QED) is 0.719. The number of hydrogen-bond donors (Lipinski definition) is 0. The summed E-state index contributed by atoms with van der Waals surface area (Å²) in [6.45, 7) is 8.49. The number of phosphoric acid groups is 1. The van der Waals surface area contributed by atoms with E-state index in [0.717, 1.165) is 12.8 Å². The van der Waals surface area contributed by atoms with Crippen molar-refractivity contribution < 1.29 is 18.1 Å². The lowest BCUT2D eigenvalue weighted by molar-refractivity contribution is 0.0742. The first kappa shape index (κ1) is 16.7. The molecule has 2 rings (SSSR count). The zero-order chi connectivity index (χ0) is 15.5. The van der Waals surface area contributed by atoms with Gasteiger partial charge in [-0.3, -0.25) is 13.6 Å². The predicted octanol–water partition coefficient (Wildman–Crippen LogP) is 4.61. The monoisotopic (exact) mass is 312 g/mol. The van der Waals surface area contributed by atoms with Crippen molar-refractivity contribution in [3.8, 4) is 0 Å². The van der Waals surface area contributed by atoms with Crippen molar-refractivity contribution >= 4 is 7.82 Å². The van der Waals surface area contributed by atoms with Crippen LogP contribution in [0.2, 0.25) is 0 Å². The van der Waals surface area contributed by atoms with E-state index < -0.39 is 7.82 Å². The van der Waals surface area contributed by atoms with Gasteiger partial charge in [0.15, 0.2) is 0 Å². The molecule has 0 aliphatic heterocycles. The molecule has 2 atom stereocenters. The summed E-state index contributed by atoms with van der Waals surface area (Å²) in [5.41, 5.74) is 3.91. The van der Waals surface area contributed by atoms with Gasteiger partial charge in [-0.1, -0.05) is 30.7 Å². The molecule has 1 aromatic carbocycles. The van der Waals surface area contributed by atoms with Crippen LogP contribution in [0.1, 0.15) is 49.8 Å². The lowest BCUT2D eigenvalue weighted by Crippen LogP contribution is -2.24. The molecule has 0 fully saturated rings. The molecule has 0 saturated carbocycles. The second-order valence-corrected chi connectivity index (χ2v) is 7.17. The summed E-state index contributed by atoms with van der Waals surface area (Å²) in [7, 11) is -3.44. The molecule has 118 valence electrons. The maximum Gasteiger partial charge on any atom is 0.475 e. The molecule has 0 saturated heterocycles. The van der Waals surface area contributed by atoms with Crippen LogP contribution in [0.3, 0.4) is 0 Å². The summed E-state index contributed by atoms with van der Waals surface area (Å²) in [6, 6.07) is 6.49. The Hall–Kier alpha value is -0.670. The summed E-state index contributed by atoms with van der Waals surface area (Å²) in [5.74, 6) is 0.385. The fraction of sp³-hybridized carbons (Fsp3) is 0.625. The second-order valence-electron chi connectivity index (χ2n) is 5.55. The molecular weight excluding hydrogens is 287 g/mol. The Labute approximate surface area is 127 Å². The summed E-state index contributed by atoms with van der Waals surface area (Å²) in [5, 5.41) is 0. The van der Waals surface area contributed by atoms with Crippen LogP contribution >= 0.6 is 7.82 Å². The maximum atomic E-state index is 12.5. The fourth-order valence-corrected chi connectivity index (χ4v) is 4.24. The lowest BCUT2D eigenvalue weighted by atomic mass is 9.82. The highest BCUT2D eigenvalue weighted by Crippen LogP contribution is 2.52. The highest BCUT2D eigenvalue weighted by atomic mass is 31.2. The molecular formula is C16H25O4P. The number of benzene rings is 1. The van der Waals surface area contributed by atoms with E-state index in [1.54, 1.807) is 13.8 Å². The highest BCUT2D eigenvalue weighted by molar-refractivity contribution is 7.48. The van der Waals surface area contributed by atoms with E-state index in [-0.39, 0.29) is 6.10 Å². The van der Waals surface area contributed by atoms with Crippen LogP contribution in [0.5, 0.6) is 0 Å². The molecule has 0 aromatic heterocycles. The number of phosphoric ester groups is 1. The van der Waals surface area contributed by atoms with E-state index in [0.29, 0.717) is 19.1 Å². The third-order valence-electron chi connectivity index (χ3n) is 3.75. The van der Waals surface area contributed by atoms with Crippen LogP contribution in [0.15, 0.2) is 18.2 Å². The number of aryl methyl sites for hydroxylation is 1. The Morgan fingerprint density at radius 2 is 1.90 bits per heavy atom. The van der Waals surface area contributed by atoms with Gasteiger partial charge >= 0.3 is 7.82 Å². The van der Waals surface area contributed by atoms with Crippen molar-refractivity contribution in [1.82, 2.24) is 0 Å². The fourth-order valence-electron chi connectivity index (χ4n) is 2.89. The standard InChI is InChI=1S/C16H25O4P/c1-5-18-21(17,19-6-2)20-15-10-13(4)16-9-12(3)7-8-14(16)11-15/h7-9,13,15H,5-6,10-11H2,1-4H3/t13-,15+/m1/s1. The minimum Gasteiger partial charge on any atom is -0.287 e. The Kier molecular flexibility index (Phi) is 5.61. The van der Waals surface area contributed by atoms with Crippen LogP contribution in [0.4, 0.5) is 0 Å². The minimum absolute atomic E-state index is 0.126. The van der Waals surface area contributed by atoms with Gasteiger partial charge in [-0.05, 0) is 50.7 Å². The van der Waals surface area contributed by atoms with Gasteiger partial charge in [-0.15, -0.1) is 0 Å². The molecule has 0 heterocycles. The maximum absolute atomic E-state index is 12.5. The van der Waals surface area contributed by atoms with Gasteiger partial charge in [0.25, 0.3) is 0 Å². The molecule has 1 aliphatic rings. The molecule has 4 nitrogen and oxygen atoms in total. The summed E-state index contributed by atoms with van der Waals surface area (Å²) in [6.07, 6.45) is 1.46. The van der Waals surface area contributed by atoms with E-state index in [1.807, 2.05) is 0 Å². The SMILES string of the molecule is CCOP(=O)(OCC)O[C@@H]1Cc2ccc(C)cc2[C@H](C)C1. The van der Waals surface area contributed by atoms with E-state index in [4.69, 9.17) is 13.6 Å². The highest BCUT2D eigenvalue weighted by Gasteiger charge is 2.33. The average Bonchev–Trinajstić information content (AvgIpc) is 2.40. The Bertz CT molecular complexity index is 519. The van der Waals surface area contributed by atoms with Crippen LogP contribution in [0.25, 0.3) is 0 Å². The summed E-state index contributed by atoms with van der Waals surface area (Å²) >= 11 is 0. The molecule has 1 aromatic rings. The first-order valence-electron chi connectivity index (χ1n) is 7.64. The number of fused-ring (bicyclic) bond motifs is 1. The zero-order valence-corrected chi connectivity index (χ0v) is 14.2. The van der Waals surface area contributed by atoms with Crippen molar-refractivity contribution in [3.05, 3.63) is 34.9 Å². The Morgan fingerprint density at radius 3 is 2.52 bits per heavy atom. The normalized spacial score (nSPS) is 22.1. The molecule has 0 amide bonds. The van der Waals surface area contributed by atoms with E-state index in [9.17, 15) is 4.57 Å². The Balaban J connectivity index is 2.13. The molecule has 0 spiro atoms. The third-order valence-corrected chi connectivity index (χ3v) is 5.45. The molecule has 0 unspecified atom stereocenters. The van der Waals surface area contributed by atoms with Crippen molar-refractivity contribution in [2.45, 2.75) is 52.6 Å². The Morgan fingerprint density at radius 1 is 1.24 bits per heavy atom. The average molecular weight is 312 g/mol. The summed E-state index contributed by atoms with van der Waals surface area (Å²) < 4.78 is 28.7.